The van der Waals surface area contributed by atoms with E-state index in [4.69, 9.17) is 12.6 Å². The molecule has 1 rings (SSSR count). The van der Waals surface area contributed by atoms with Gasteiger partial charge in [-0.15, -0.1) is 4.75 Å². The molecule has 0 aliphatic heterocycles. The molecule has 0 spiro atoms. The Hall–Kier alpha value is 0.760. The standard InChI is InChI=1S/C8H14OS.Au/c1-6-3-7(9)5-8(2,10)4-6;/h6,10H,3-5H2,1-2H3;/q;+1/p-1. The molecule has 0 heterocycles. The summed E-state index contributed by atoms with van der Waals surface area (Å²) < 4.78 is -0.144. The summed E-state index contributed by atoms with van der Waals surface area (Å²) >= 11 is 5.23. The van der Waals surface area contributed by atoms with Gasteiger partial charge >= 0.3 is 22.4 Å². The minimum Gasteiger partial charge on any atom is -0.786 e. The summed E-state index contributed by atoms with van der Waals surface area (Å²) in [6, 6.07) is 0. The van der Waals surface area contributed by atoms with E-state index in [-0.39, 0.29) is 27.1 Å². The monoisotopic (exact) mass is 354 g/mol. The van der Waals surface area contributed by atoms with Crippen molar-refractivity contribution in [3.05, 3.63) is 0 Å². The predicted octanol–water partition coefficient (Wildman–Crippen LogP) is 1.68. The maximum Gasteiger partial charge on any atom is 1.00 e. The molecule has 3 heteroatoms. The summed E-state index contributed by atoms with van der Waals surface area (Å²) in [5, 5.41) is 0. The summed E-state index contributed by atoms with van der Waals surface area (Å²) in [4.78, 5) is 11.0. The van der Waals surface area contributed by atoms with Gasteiger partial charge in [-0.25, -0.2) is 0 Å². The van der Waals surface area contributed by atoms with Crippen LogP contribution in [0.25, 0.3) is 0 Å². The van der Waals surface area contributed by atoms with Crippen molar-refractivity contribution in [2.24, 2.45) is 5.92 Å². The Bertz CT molecular complexity index is 156. The molecule has 0 aromatic heterocycles. The van der Waals surface area contributed by atoms with Crippen molar-refractivity contribution in [1.82, 2.24) is 0 Å². The third-order valence-electron chi connectivity index (χ3n) is 1.93. The first-order valence-corrected chi connectivity index (χ1v) is 4.12. The smallest absolute Gasteiger partial charge is 0.786 e. The Morgan fingerprint density at radius 2 is 2.18 bits per heavy atom. The molecule has 2 atom stereocenters. The molecule has 0 aromatic carbocycles. The Morgan fingerprint density at radius 1 is 1.64 bits per heavy atom. The van der Waals surface area contributed by atoms with Crippen LogP contribution in [0.1, 0.15) is 33.1 Å². The van der Waals surface area contributed by atoms with Gasteiger partial charge in [0.25, 0.3) is 0 Å². The van der Waals surface area contributed by atoms with Gasteiger partial charge in [-0.3, -0.25) is 4.79 Å². The van der Waals surface area contributed by atoms with E-state index in [1.54, 1.807) is 0 Å². The Morgan fingerprint density at radius 3 is 2.55 bits per heavy atom. The minimum atomic E-state index is -0.144. The summed E-state index contributed by atoms with van der Waals surface area (Å²) in [6.07, 6.45) is 2.37. The first-order valence-electron chi connectivity index (χ1n) is 3.72. The van der Waals surface area contributed by atoms with E-state index in [9.17, 15) is 4.79 Å². The van der Waals surface area contributed by atoms with E-state index in [1.807, 2.05) is 6.92 Å². The van der Waals surface area contributed by atoms with Crippen LogP contribution in [0, 0.1) is 5.92 Å². The van der Waals surface area contributed by atoms with Gasteiger partial charge in [0.1, 0.15) is 5.78 Å². The zero-order chi connectivity index (χ0) is 7.78. The number of carbonyl (C=O) groups is 1. The molecule has 0 radical (unpaired) electrons. The molecule has 0 amide bonds. The zero-order valence-corrected chi connectivity index (χ0v) is 9.80. The van der Waals surface area contributed by atoms with Gasteiger partial charge in [-0.05, 0) is 12.3 Å². The summed E-state index contributed by atoms with van der Waals surface area (Å²) in [7, 11) is 0. The van der Waals surface area contributed by atoms with Crippen LogP contribution in [0.4, 0.5) is 0 Å². The van der Waals surface area contributed by atoms with E-state index in [1.165, 1.54) is 0 Å². The average molecular weight is 354 g/mol. The SMILES string of the molecule is CC1CC(=O)CC(C)([S-])C1.[Au+]. The van der Waals surface area contributed by atoms with Crippen LogP contribution in [0.2, 0.25) is 0 Å². The van der Waals surface area contributed by atoms with Crippen LogP contribution in [0.15, 0.2) is 0 Å². The van der Waals surface area contributed by atoms with Crippen molar-refractivity contribution >= 4 is 18.4 Å². The third-order valence-corrected chi connectivity index (χ3v) is 2.24. The minimum absolute atomic E-state index is 0. The normalized spacial score (nSPS) is 38.1. The molecule has 0 aromatic rings. The van der Waals surface area contributed by atoms with Gasteiger partial charge in [0.05, 0.1) is 0 Å². The second kappa shape index (κ2) is 4.13. The van der Waals surface area contributed by atoms with Crippen molar-refractivity contribution < 1.29 is 27.2 Å². The van der Waals surface area contributed by atoms with Crippen LogP contribution in [0.5, 0.6) is 0 Å². The first kappa shape index (κ1) is 11.8. The summed E-state index contributed by atoms with van der Waals surface area (Å²) in [5.41, 5.74) is 0. The number of hydrogen-bond donors (Lipinski definition) is 0. The second-order valence-corrected chi connectivity index (χ2v) is 4.66. The number of rotatable bonds is 0. The Labute approximate surface area is 89.2 Å². The fourth-order valence-corrected chi connectivity index (χ4v) is 2.20. The third kappa shape index (κ3) is 3.79. The number of carbonyl (C=O) groups excluding carboxylic acids is 1. The Kier molecular flexibility index (Phi) is 4.41. The van der Waals surface area contributed by atoms with Crippen LogP contribution in [0.3, 0.4) is 0 Å². The van der Waals surface area contributed by atoms with Crippen LogP contribution < -0.4 is 0 Å². The van der Waals surface area contributed by atoms with Gasteiger partial charge in [0.2, 0.25) is 0 Å². The van der Waals surface area contributed by atoms with E-state index >= 15 is 0 Å². The molecule has 0 saturated heterocycles. The maximum atomic E-state index is 11.0. The molecule has 1 nitrogen and oxygen atoms in total. The van der Waals surface area contributed by atoms with Crippen molar-refractivity contribution in [2.45, 2.75) is 37.9 Å². The molecule has 11 heavy (non-hydrogen) atoms. The van der Waals surface area contributed by atoms with Crippen molar-refractivity contribution in [2.75, 3.05) is 0 Å². The number of hydrogen-bond acceptors (Lipinski definition) is 2. The summed E-state index contributed by atoms with van der Waals surface area (Å²) in [5.74, 6) is 0.847. The number of Topliss-reactive ketones (excluding diaryl/α,β-unsaturated/α-hetero) is 1. The molecule has 68 valence electrons. The molecular weight excluding hydrogens is 341 g/mol. The van der Waals surface area contributed by atoms with E-state index in [0.717, 1.165) is 12.8 Å². The van der Waals surface area contributed by atoms with Crippen LogP contribution >= 0.6 is 0 Å². The maximum absolute atomic E-state index is 11.0. The van der Waals surface area contributed by atoms with E-state index in [2.05, 4.69) is 6.92 Å². The molecular formula is C8H13AuOS. The van der Waals surface area contributed by atoms with Crippen molar-refractivity contribution in [3.63, 3.8) is 0 Å². The molecule has 1 saturated carbocycles. The van der Waals surface area contributed by atoms with E-state index < -0.39 is 0 Å². The van der Waals surface area contributed by atoms with Gasteiger partial charge in [-0.1, -0.05) is 20.3 Å². The average Bonchev–Trinajstić information content (AvgIpc) is 1.54. The largest absolute Gasteiger partial charge is 1.00 e. The molecule has 0 N–H and O–H groups in total. The van der Waals surface area contributed by atoms with Gasteiger partial charge in [0, 0.05) is 6.42 Å². The topological polar surface area (TPSA) is 17.1 Å². The molecule has 1 fully saturated rings. The van der Waals surface area contributed by atoms with Crippen molar-refractivity contribution in [1.29, 1.82) is 0 Å². The molecule has 2 unspecified atom stereocenters. The van der Waals surface area contributed by atoms with E-state index in [0.29, 0.717) is 18.1 Å². The summed E-state index contributed by atoms with van der Waals surface area (Å²) in [6.45, 7) is 4.09. The van der Waals surface area contributed by atoms with Gasteiger partial charge in [0.15, 0.2) is 0 Å². The fraction of sp³-hybridized carbons (Fsp3) is 0.875. The Balaban J connectivity index is 0.000001000. The fourth-order valence-electron chi connectivity index (χ4n) is 1.76. The van der Waals surface area contributed by atoms with Crippen molar-refractivity contribution in [3.8, 4) is 0 Å². The number of ketones is 1. The van der Waals surface area contributed by atoms with Gasteiger partial charge in [-0.2, -0.15) is 0 Å². The second-order valence-electron chi connectivity index (χ2n) is 3.68. The quantitative estimate of drug-likeness (QED) is 0.486. The predicted molar refractivity (Wildman–Crippen MR) is 43.8 cm³/mol. The van der Waals surface area contributed by atoms with Gasteiger partial charge < -0.3 is 12.6 Å². The molecule has 1 aliphatic carbocycles. The van der Waals surface area contributed by atoms with Crippen LogP contribution in [-0.2, 0) is 39.8 Å². The van der Waals surface area contributed by atoms with Crippen LogP contribution in [-0.4, -0.2) is 10.5 Å². The molecule has 1 aliphatic rings. The zero-order valence-electron chi connectivity index (χ0n) is 6.82. The first-order chi connectivity index (χ1) is 4.49. The molecule has 0 bridgehead atoms.